The van der Waals surface area contributed by atoms with Gasteiger partial charge in [-0.3, -0.25) is 14.7 Å². The van der Waals surface area contributed by atoms with Crippen LogP contribution in [0.1, 0.15) is 30.1 Å². The quantitative estimate of drug-likeness (QED) is 0.569. The average Bonchev–Trinajstić information content (AvgIpc) is 3.24. The molecule has 0 spiro atoms. The third kappa shape index (κ3) is 4.28. The second-order valence-electron chi connectivity index (χ2n) is 6.01. The van der Waals surface area contributed by atoms with Gasteiger partial charge in [-0.1, -0.05) is 24.7 Å². The topological polar surface area (TPSA) is 77.4 Å². The van der Waals surface area contributed by atoms with E-state index in [0.717, 1.165) is 18.4 Å². The van der Waals surface area contributed by atoms with Crippen molar-refractivity contribution in [2.24, 2.45) is 0 Å². The van der Waals surface area contributed by atoms with E-state index < -0.39 is 0 Å². The minimum absolute atomic E-state index is 0.106. The molecule has 1 aromatic carbocycles. The number of benzene rings is 1. The third-order valence-corrected chi connectivity index (χ3v) is 5.18. The molecule has 0 N–H and O–H groups in total. The maximum atomic E-state index is 13.0. The zero-order valence-corrected chi connectivity index (χ0v) is 16.9. The molecule has 146 valence electrons. The predicted molar refractivity (Wildman–Crippen MR) is 109 cm³/mol. The monoisotopic (exact) mass is 398 g/mol. The normalized spacial score (nSPS) is 10.5. The van der Waals surface area contributed by atoms with E-state index >= 15 is 0 Å². The van der Waals surface area contributed by atoms with Crippen molar-refractivity contribution in [3.8, 4) is 22.1 Å². The molecular weight excluding hydrogens is 376 g/mol. The van der Waals surface area contributed by atoms with E-state index in [1.165, 1.54) is 11.3 Å². The molecule has 2 aromatic heterocycles. The van der Waals surface area contributed by atoms with Crippen LogP contribution >= 0.6 is 11.3 Å². The molecule has 1 amide bonds. The first-order chi connectivity index (χ1) is 13.7. The minimum atomic E-state index is -0.106. The van der Waals surface area contributed by atoms with Crippen LogP contribution < -0.4 is 14.4 Å². The van der Waals surface area contributed by atoms with Gasteiger partial charge in [0, 0.05) is 30.1 Å². The minimum Gasteiger partial charge on any atom is -0.493 e. The Morgan fingerprint density at radius 1 is 1.07 bits per heavy atom. The second-order valence-corrected chi connectivity index (χ2v) is 6.96. The Morgan fingerprint density at radius 2 is 1.82 bits per heavy atom. The smallest absolute Gasteiger partial charge is 0.260 e. The highest BCUT2D eigenvalue weighted by atomic mass is 32.1. The largest absolute Gasteiger partial charge is 0.493 e. The Balaban J connectivity index is 1.91. The number of anilines is 1. The van der Waals surface area contributed by atoms with Gasteiger partial charge in [-0.2, -0.15) is 0 Å². The van der Waals surface area contributed by atoms with E-state index in [9.17, 15) is 4.79 Å². The number of aromatic nitrogens is 3. The van der Waals surface area contributed by atoms with E-state index in [1.807, 2.05) is 18.2 Å². The summed E-state index contributed by atoms with van der Waals surface area (Å²) in [5.41, 5.74) is 1.43. The summed E-state index contributed by atoms with van der Waals surface area (Å²) in [7, 11) is 3.18. The van der Waals surface area contributed by atoms with Crippen LogP contribution in [0, 0.1) is 0 Å². The summed E-state index contributed by atoms with van der Waals surface area (Å²) < 4.78 is 10.6. The first kappa shape index (κ1) is 19.8. The van der Waals surface area contributed by atoms with Crippen LogP contribution in [0.3, 0.4) is 0 Å². The van der Waals surface area contributed by atoms with E-state index in [4.69, 9.17) is 9.47 Å². The van der Waals surface area contributed by atoms with Crippen molar-refractivity contribution in [3.05, 3.63) is 48.3 Å². The lowest BCUT2D eigenvalue weighted by atomic mass is 10.2. The molecule has 3 aromatic rings. The van der Waals surface area contributed by atoms with Crippen LogP contribution in [0.15, 0.2) is 42.7 Å². The molecule has 0 unspecified atom stereocenters. The predicted octanol–water partition coefficient (Wildman–Crippen LogP) is 4.06. The van der Waals surface area contributed by atoms with Crippen molar-refractivity contribution < 1.29 is 14.3 Å². The van der Waals surface area contributed by atoms with Crippen molar-refractivity contribution in [1.29, 1.82) is 0 Å². The Labute approximate surface area is 168 Å². The van der Waals surface area contributed by atoms with Crippen LogP contribution in [-0.2, 0) is 0 Å². The Hall–Kier alpha value is -3.00. The van der Waals surface area contributed by atoms with Gasteiger partial charge in [-0.25, -0.2) is 0 Å². The van der Waals surface area contributed by atoms with Gasteiger partial charge in [0.1, 0.15) is 5.01 Å². The molecule has 3 rings (SSSR count). The summed E-state index contributed by atoms with van der Waals surface area (Å²) in [4.78, 5) is 18.6. The molecule has 2 heterocycles. The van der Waals surface area contributed by atoms with Crippen LogP contribution in [0.5, 0.6) is 11.5 Å². The number of rotatable bonds is 8. The molecule has 7 nitrogen and oxygen atoms in total. The van der Waals surface area contributed by atoms with Crippen LogP contribution in [0.4, 0.5) is 5.13 Å². The molecule has 28 heavy (non-hydrogen) atoms. The first-order valence-corrected chi connectivity index (χ1v) is 9.77. The molecule has 0 atom stereocenters. The molecule has 0 radical (unpaired) electrons. The standard InChI is InChI=1S/C20H22N4O3S/c1-4-5-12-24(19(25)14-8-10-21-11-9-14)20-23-22-18(28-20)15-6-7-16(26-2)17(13-15)27-3/h6-11,13H,4-5,12H2,1-3H3. The fourth-order valence-corrected chi connectivity index (χ4v) is 3.53. The number of ether oxygens (including phenoxy) is 2. The number of nitrogens with zero attached hydrogens (tertiary/aromatic N) is 4. The molecule has 0 saturated carbocycles. The van der Waals surface area contributed by atoms with E-state index in [1.54, 1.807) is 43.6 Å². The van der Waals surface area contributed by atoms with E-state index in [-0.39, 0.29) is 5.91 Å². The summed E-state index contributed by atoms with van der Waals surface area (Å²) in [6.45, 7) is 2.67. The molecule has 0 aliphatic rings. The summed E-state index contributed by atoms with van der Waals surface area (Å²) in [5.74, 6) is 1.16. The molecule has 8 heteroatoms. The summed E-state index contributed by atoms with van der Waals surface area (Å²) in [6, 6.07) is 8.98. The maximum absolute atomic E-state index is 13.0. The molecule has 0 fully saturated rings. The van der Waals surface area contributed by atoms with Gasteiger partial charge in [0.15, 0.2) is 11.5 Å². The number of unbranched alkanes of at least 4 members (excludes halogenated alkanes) is 1. The fourth-order valence-electron chi connectivity index (χ4n) is 2.66. The Kier molecular flexibility index (Phi) is 6.54. The lowest BCUT2D eigenvalue weighted by molar-refractivity contribution is 0.0986. The second kappa shape index (κ2) is 9.27. The highest BCUT2D eigenvalue weighted by Gasteiger charge is 2.22. The van der Waals surface area contributed by atoms with Gasteiger partial charge in [0.05, 0.1) is 14.2 Å². The zero-order valence-electron chi connectivity index (χ0n) is 16.1. The van der Waals surface area contributed by atoms with E-state index in [2.05, 4.69) is 22.1 Å². The van der Waals surface area contributed by atoms with Crippen molar-refractivity contribution >= 4 is 22.4 Å². The van der Waals surface area contributed by atoms with Crippen molar-refractivity contribution in [2.45, 2.75) is 19.8 Å². The molecule has 0 aliphatic carbocycles. The van der Waals surface area contributed by atoms with Crippen molar-refractivity contribution in [1.82, 2.24) is 15.2 Å². The number of hydrogen-bond acceptors (Lipinski definition) is 7. The first-order valence-electron chi connectivity index (χ1n) is 8.95. The number of carbonyl (C=O) groups is 1. The number of pyridine rings is 1. The molecule has 0 bridgehead atoms. The zero-order chi connectivity index (χ0) is 19.9. The molecular formula is C20H22N4O3S. The highest BCUT2D eigenvalue weighted by molar-refractivity contribution is 7.18. The van der Waals surface area contributed by atoms with Gasteiger partial charge in [-0.15, -0.1) is 10.2 Å². The van der Waals surface area contributed by atoms with E-state index in [0.29, 0.717) is 33.7 Å². The van der Waals surface area contributed by atoms with Gasteiger partial charge < -0.3 is 9.47 Å². The summed E-state index contributed by atoms with van der Waals surface area (Å²) in [6.07, 6.45) is 5.07. The molecule has 0 saturated heterocycles. The van der Waals surface area contributed by atoms with Gasteiger partial charge >= 0.3 is 0 Å². The fraction of sp³-hybridized carbons (Fsp3) is 0.300. The van der Waals surface area contributed by atoms with Gasteiger partial charge in [0.2, 0.25) is 5.13 Å². The molecule has 0 aliphatic heterocycles. The number of amides is 1. The van der Waals surface area contributed by atoms with Gasteiger partial charge in [0.25, 0.3) is 5.91 Å². The lowest BCUT2D eigenvalue weighted by Gasteiger charge is -2.18. The van der Waals surface area contributed by atoms with Crippen LogP contribution in [-0.4, -0.2) is 41.9 Å². The SMILES string of the molecule is CCCCN(C(=O)c1ccncc1)c1nnc(-c2ccc(OC)c(OC)c2)s1. The Bertz CT molecular complexity index is 930. The van der Waals surface area contributed by atoms with Crippen LogP contribution in [0.2, 0.25) is 0 Å². The summed E-state index contributed by atoms with van der Waals surface area (Å²) in [5, 5.41) is 9.84. The van der Waals surface area contributed by atoms with Crippen molar-refractivity contribution in [2.75, 3.05) is 25.7 Å². The van der Waals surface area contributed by atoms with Crippen molar-refractivity contribution in [3.63, 3.8) is 0 Å². The number of hydrogen-bond donors (Lipinski definition) is 0. The van der Waals surface area contributed by atoms with Gasteiger partial charge in [-0.05, 0) is 36.8 Å². The Morgan fingerprint density at radius 3 is 2.50 bits per heavy atom. The summed E-state index contributed by atoms with van der Waals surface area (Å²) >= 11 is 1.37. The third-order valence-electron chi connectivity index (χ3n) is 4.18. The number of methoxy groups -OCH3 is 2. The van der Waals surface area contributed by atoms with Crippen LogP contribution in [0.25, 0.3) is 10.6 Å². The maximum Gasteiger partial charge on any atom is 0.260 e. The number of carbonyl (C=O) groups excluding carboxylic acids is 1. The highest BCUT2D eigenvalue weighted by Crippen LogP contribution is 2.35. The average molecular weight is 398 g/mol. The lowest BCUT2D eigenvalue weighted by Crippen LogP contribution is -2.31.